The zero-order valence-electron chi connectivity index (χ0n) is 7.86. The minimum absolute atomic E-state index is 0.416. The molecule has 0 saturated heterocycles. The number of hydrogen-bond acceptors (Lipinski definition) is 2. The van der Waals surface area contributed by atoms with Crippen LogP contribution in [-0.4, -0.2) is 19.0 Å². The second-order valence-corrected chi connectivity index (χ2v) is 3.69. The molecule has 1 aromatic rings. The highest BCUT2D eigenvalue weighted by atomic mass is 32.1. The van der Waals surface area contributed by atoms with Crippen LogP contribution in [0, 0.1) is 12.3 Å². The molecule has 0 amide bonds. The van der Waals surface area contributed by atoms with Crippen LogP contribution in [0.2, 0.25) is 0 Å². The van der Waals surface area contributed by atoms with E-state index in [1.165, 1.54) is 4.88 Å². The predicted molar refractivity (Wildman–Crippen MR) is 61.3 cm³/mol. The molecule has 0 bridgehead atoms. The van der Waals surface area contributed by atoms with Crippen molar-refractivity contribution in [3.05, 3.63) is 22.4 Å². The van der Waals surface area contributed by atoms with Gasteiger partial charge in [-0.15, -0.1) is 17.8 Å². The second kappa shape index (κ2) is 6.06. The number of hydrogen-bond donors (Lipinski definition) is 2. The highest BCUT2D eigenvalue weighted by molar-refractivity contribution is 7.09. The molecule has 0 atom stereocenters. The van der Waals surface area contributed by atoms with Gasteiger partial charge in [0, 0.05) is 17.8 Å². The zero-order valence-corrected chi connectivity index (χ0v) is 8.68. The third kappa shape index (κ3) is 3.97. The molecule has 1 heterocycles. The molecule has 74 valence electrons. The van der Waals surface area contributed by atoms with Gasteiger partial charge < -0.3 is 11.1 Å². The van der Waals surface area contributed by atoms with Crippen molar-refractivity contribution in [3.8, 4) is 12.3 Å². The monoisotopic (exact) mass is 207 g/mol. The van der Waals surface area contributed by atoms with E-state index < -0.39 is 0 Å². The van der Waals surface area contributed by atoms with E-state index in [0.717, 1.165) is 6.42 Å². The van der Waals surface area contributed by atoms with E-state index in [0.29, 0.717) is 19.0 Å². The number of aliphatic imine (C=N–C) groups is 1. The van der Waals surface area contributed by atoms with Gasteiger partial charge in [0.15, 0.2) is 5.96 Å². The largest absolute Gasteiger partial charge is 0.370 e. The van der Waals surface area contributed by atoms with Crippen molar-refractivity contribution < 1.29 is 0 Å². The number of nitrogens with zero attached hydrogens (tertiary/aromatic N) is 1. The van der Waals surface area contributed by atoms with Crippen molar-refractivity contribution in [2.75, 3.05) is 13.1 Å². The third-order valence-electron chi connectivity index (χ3n) is 1.59. The first-order valence-corrected chi connectivity index (χ1v) is 5.20. The summed E-state index contributed by atoms with van der Waals surface area (Å²) in [7, 11) is 0. The summed E-state index contributed by atoms with van der Waals surface area (Å²) in [5, 5.41) is 4.86. The van der Waals surface area contributed by atoms with Gasteiger partial charge in [-0.05, 0) is 11.4 Å². The van der Waals surface area contributed by atoms with Crippen LogP contribution < -0.4 is 11.1 Å². The second-order valence-electron chi connectivity index (χ2n) is 2.65. The third-order valence-corrected chi connectivity index (χ3v) is 2.53. The van der Waals surface area contributed by atoms with Crippen LogP contribution in [0.25, 0.3) is 0 Å². The Kier molecular flexibility index (Phi) is 4.59. The quantitative estimate of drug-likeness (QED) is 0.436. The average Bonchev–Trinajstić information content (AvgIpc) is 2.67. The maximum absolute atomic E-state index is 5.55. The summed E-state index contributed by atoms with van der Waals surface area (Å²) < 4.78 is 0. The van der Waals surface area contributed by atoms with E-state index in [1.54, 1.807) is 11.3 Å². The summed E-state index contributed by atoms with van der Waals surface area (Å²) >= 11 is 1.73. The Morgan fingerprint density at radius 2 is 2.57 bits per heavy atom. The van der Waals surface area contributed by atoms with Crippen molar-refractivity contribution in [2.45, 2.75) is 6.42 Å². The Labute approximate surface area is 88.0 Å². The number of thiophene rings is 1. The smallest absolute Gasteiger partial charge is 0.189 e. The Morgan fingerprint density at radius 3 is 3.21 bits per heavy atom. The van der Waals surface area contributed by atoms with E-state index in [4.69, 9.17) is 12.2 Å². The fourth-order valence-corrected chi connectivity index (χ4v) is 1.64. The van der Waals surface area contributed by atoms with Crippen LogP contribution in [0.1, 0.15) is 4.88 Å². The maximum Gasteiger partial charge on any atom is 0.189 e. The molecular formula is C10H13N3S. The van der Waals surface area contributed by atoms with Crippen LogP contribution in [-0.2, 0) is 6.42 Å². The van der Waals surface area contributed by atoms with Crippen molar-refractivity contribution in [1.82, 2.24) is 5.32 Å². The lowest BCUT2D eigenvalue weighted by Crippen LogP contribution is -2.32. The first kappa shape index (κ1) is 10.6. The Bertz CT molecular complexity index is 322. The number of terminal acetylenes is 1. The van der Waals surface area contributed by atoms with Gasteiger partial charge in [0.05, 0.1) is 6.54 Å². The van der Waals surface area contributed by atoms with Crippen molar-refractivity contribution >= 4 is 17.3 Å². The Hall–Kier alpha value is -1.47. The van der Waals surface area contributed by atoms with Crippen LogP contribution in [0.15, 0.2) is 22.5 Å². The van der Waals surface area contributed by atoms with E-state index in [2.05, 4.69) is 27.7 Å². The van der Waals surface area contributed by atoms with E-state index >= 15 is 0 Å². The molecule has 0 aliphatic carbocycles. The summed E-state index contributed by atoms with van der Waals surface area (Å²) in [6, 6.07) is 4.12. The van der Waals surface area contributed by atoms with E-state index in [-0.39, 0.29) is 0 Å². The molecule has 0 unspecified atom stereocenters. The van der Waals surface area contributed by atoms with Gasteiger partial charge in [0.2, 0.25) is 0 Å². The normalized spacial score (nSPS) is 10.9. The van der Waals surface area contributed by atoms with Crippen molar-refractivity contribution in [2.24, 2.45) is 10.7 Å². The number of guanidine groups is 1. The van der Waals surface area contributed by atoms with Crippen LogP contribution >= 0.6 is 11.3 Å². The molecule has 0 aromatic carbocycles. The SMILES string of the molecule is C#CCNC(N)=NCCc1cccs1. The Balaban J connectivity index is 2.23. The zero-order chi connectivity index (χ0) is 10.2. The molecule has 0 fully saturated rings. The predicted octanol–water partition coefficient (Wildman–Crippen LogP) is 0.828. The summed E-state index contributed by atoms with van der Waals surface area (Å²) in [5.74, 6) is 2.85. The number of nitrogens with two attached hydrogens (primary N) is 1. The number of nitrogens with one attached hydrogen (secondary N) is 1. The molecule has 14 heavy (non-hydrogen) atoms. The lowest BCUT2D eigenvalue weighted by Gasteiger charge is -2.00. The summed E-state index contributed by atoms with van der Waals surface area (Å²) in [4.78, 5) is 5.45. The number of rotatable bonds is 4. The lowest BCUT2D eigenvalue weighted by molar-refractivity contribution is 0.946. The minimum atomic E-state index is 0.416. The molecule has 3 N–H and O–H groups in total. The fourth-order valence-electron chi connectivity index (χ4n) is 0.939. The summed E-state index contributed by atoms with van der Waals surface area (Å²) in [6.07, 6.45) is 5.99. The summed E-state index contributed by atoms with van der Waals surface area (Å²) in [5.41, 5.74) is 5.55. The molecule has 1 rings (SSSR count). The first-order valence-electron chi connectivity index (χ1n) is 4.32. The summed E-state index contributed by atoms with van der Waals surface area (Å²) in [6.45, 7) is 1.12. The molecular weight excluding hydrogens is 194 g/mol. The average molecular weight is 207 g/mol. The lowest BCUT2D eigenvalue weighted by atomic mass is 10.3. The van der Waals surface area contributed by atoms with E-state index in [9.17, 15) is 0 Å². The molecule has 0 spiro atoms. The fraction of sp³-hybridized carbons (Fsp3) is 0.300. The highest BCUT2D eigenvalue weighted by Gasteiger charge is 1.92. The maximum atomic E-state index is 5.55. The first-order chi connectivity index (χ1) is 6.83. The topological polar surface area (TPSA) is 50.4 Å². The van der Waals surface area contributed by atoms with Gasteiger partial charge in [0.1, 0.15) is 0 Å². The van der Waals surface area contributed by atoms with Crippen LogP contribution in [0.4, 0.5) is 0 Å². The van der Waals surface area contributed by atoms with Crippen LogP contribution in [0.3, 0.4) is 0 Å². The molecule has 0 aliphatic heterocycles. The van der Waals surface area contributed by atoms with Gasteiger partial charge in [-0.25, -0.2) is 0 Å². The highest BCUT2D eigenvalue weighted by Crippen LogP contribution is 2.08. The molecule has 4 heteroatoms. The van der Waals surface area contributed by atoms with Gasteiger partial charge >= 0.3 is 0 Å². The van der Waals surface area contributed by atoms with Gasteiger partial charge in [0.25, 0.3) is 0 Å². The van der Waals surface area contributed by atoms with Gasteiger partial charge in [-0.2, -0.15) is 0 Å². The van der Waals surface area contributed by atoms with Gasteiger partial charge in [-0.3, -0.25) is 4.99 Å². The Morgan fingerprint density at radius 1 is 1.71 bits per heavy atom. The molecule has 0 aliphatic rings. The molecule has 1 aromatic heterocycles. The standard InChI is InChI=1S/C10H13N3S/c1-2-6-12-10(11)13-7-5-9-4-3-8-14-9/h1,3-4,8H,5-7H2,(H3,11,12,13). The molecule has 0 radical (unpaired) electrons. The van der Waals surface area contributed by atoms with Gasteiger partial charge in [-0.1, -0.05) is 12.0 Å². The van der Waals surface area contributed by atoms with Crippen molar-refractivity contribution in [1.29, 1.82) is 0 Å². The molecule has 0 saturated carbocycles. The molecule has 3 nitrogen and oxygen atoms in total. The van der Waals surface area contributed by atoms with Crippen LogP contribution in [0.5, 0.6) is 0 Å². The van der Waals surface area contributed by atoms with Crippen molar-refractivity contribution in [3.63, 3.8) is 0 Å². The van der Waals surface area contributed by atoms with E-state index in [1.807, 2.05) is 6.07 Å². The minimum Gasteiger partial charge on any atom is -0.370 e.